The van der Waals surface area contributed by atoms with E-state index < -0.39 is 18.9 Å². The van der Waals surface area contributed by atoms with Gasteiger partial charge in [0.2, 0.25) is 0 Å². The summed E-state index contributed by atoms with van der Waals surface area (Å²) in [6, 6.07) is 13.2. The van der Waals surface area contributed by atoms with Crippen molar-refractivity contribution < 1.29 is 27.2 Å². The summed E-state index contributed by atoms with van der Waals surface area (Å²) in [5.74, 6) is 0.154. The zero-order valence-corrected chi connectivity index (χ0v) is 14.7. The Hall–Kier alpha value is -1.99. The van der Waals surface area contributed by atoms with Gasteiger partial charge in [0.05, 0.1) is 5.56 Å². The molecule has 0 aromatic heterocycles. The fourth-order valence-corrected chi connectivity index (χ4v) is 2.69. The highest BCUT2D eigenvalue weighted by Gasteiger charge is 2.41. The van der Waals surface area contributed by atoms with Crippen LogP contribution in [0.25, 0.3) is 0 Å². The predicted molar refractivity (Wildman–Crippen MR) is 93.3 cm³/mol. The number of rotatable bonds is 4. The minimum absolute atomic E-state index is 0.0277. The molecule has 0 amide bonds. The first kappa shape index (κ1) is 18.8. The maximum Gasteiger partial charge on any atom is 0.494 e. The molecule has 0 unspecified atom stereocenters. The van der Waals surface area contributed by atoms with Crippen LogP contribution in [0.1, 0.15) is 25.0 Å². The fourth-order valence-electron chi connectivity index (χ4n) is 2.69. The van der Waals surface area contributed by atoms with Crippen molar-refractivity contribution in [3.63, 3.8) is 0 Å². The smallest absolute Gasteiger partial charge is 0.489 e. The molecule has 1 heterocycles. The monoisotopic (exact) mass is 364 g/mol. The lowest BCUT2D eigenvalue weighted by Gasteiger charge is -2.33. The zero-order chi connectivity index (χ0) is 18.8. The Morgan fingerprint density at radius 2 is 1.69 bits per heavy atom. The van der Waals surface area contributed by atoms with Gasteiger partial charge in [-0.15, -0.1) is 0 Å². The summed E-state index contributed by atoms with van der Waals surface area (Å²) in [6.45, 7) is 4.74. The Labute approximate surface area is 151 Å². The van der Waals surface area contributed by atoms with Crippen molar-refractivity contribution in [2.24, 2.45) is 5.41 Å². The van der Waals surface area contributed by atoms with E-state index in [1.165, 1.54) is 12.1 Å². The Bertz CT molecular complexity index is 737. The third-order valence-corrected chi connectivity index (χ3v) is 4.08. The number of ether oxygens (including phenoxy) is 1. The summed E-state index contributed by atoms with van der Waals surface area (Å²) in [6.07, 6.45) is -4.53. The molecule has 1 aliphatic rings. The average Bonchev–Trinajstić information content (AvgIpc) is 2.60. The van der Waals surface area contributed by atoms with Crippen LogP contribution < -0.4 is 10.2 Å². The summed E-state index contributed by atoms with van der Waals surface area (Å²) in [7, 11) is -1.03. The van der Waals surface area contributed by atoms with Crippen molar-refractivity contribution in [1.82, 2.24) is 0 Å². The van der Waals surface area contributed by atoms with Gasteiger partial charge in [-0.1, -0.05) is 50.2 Å². The third-order valence-electron chi connectivity index (χ3n) is 4.08. The second kappa shape index (κ2) is 7.33. The molecule has 1 aliphatic heterocycles. The van der Waals surface area contributed by atoms with Crippen LogP contribution in [0.4, 0.5) is 13.2 Å². The zero-order valence-electron chi connectivity index (χ0n) is 14.7. The Morgan fingerprint density at radius 3 is 2.31 bits per heavy atom. The Kier molecular flexibility index (Phi) is 5.30. The van der Waals surface area contributed by atoms with Crippen LogP contribution in [0.15, 0.2) is 48.5 Å². The standard InChI is InChI=1S/C19H20BF3O3/c1-18(2)12-25-20(26-13-18)17-9-8-15(10-16(17)19(21,22)23)24-11-14-6-4-3-5-7-14/h3-10H,11-13H2,1-2H3. The molecule has 2 aromatic carbocycles. The topological polar surface area (TPSA) is 27.7 Å². The van der Waals surface area contributed by atoms with Gasteiger partial charge in [0.15, 0.2) is 0 Å². The lowest BCUT2D eigenvalue weighted by atomic mass is 9.73. The lowest BCUT2D eigenvalue weighted by molar-refractivity contribution is -0.137. The average molecular weight is 364 g/mol. The third kappa shape index (κ3) is 4.59. The molecule has 0 aliphatic carbocycles. The number of halogens is 3. The second-order valence-electron chi connectivity index (χ2n) is 7.14. The summed E-state index contributed by atoms with van der Waals surface area (Å²) < 4.78 is 57.2. The lowest BCUT2D eigenvalue weighted by Crippen LogP contribution is -2.49. The molecular formula is C19H20BF3O3. The van der Waals surface area contributed by atoms with Crippen molar-refractivity contribution in [3.05, 3.63) is 59.7 Å². The van der Waals surface area contributed by atoms with Gasteiger partial charge in [-0.05, 0) is 23.2 Å². The van der Waals surface area contributed by atoms with E-state index in [4.69, 9.17) is 14.0 Å². The van der Waals surface area contributed by atoms with E-state index >= 15 is 0 Å². The molecule has 0 saturated carbocycles. The molecule has 26 heavy (non-hydrogen) atoms. The quantitative estimate of drug-likeness (QED) is 0.766. The van der Waals surface area contributed by atoms with Gasteiger partial charge in [0, 0.05) is 18.6 Å². The second-order valence-corrected chi connectivity index (χ2v) is 7.14. The fraction of sp³-hybridized carbons (Fsp3) is 0.368. The number of benzene rings is 2. The molecule has 3 nitrogen and oxygen atoms in total. The highest BCUT2D eigenvalue weighted by molar-refractivity contribution is 6.62. The van der Waals surface area contributed by atoms with E-state index in [2.05, 4.69) is 0 Å². The summed E-state index contributed by atoms with van der Waals surface area (Å²) in [5, 5.41) is 0. The molecule has 2 aromatic rings. The highest BCUT2D eigenvalue weighted by Crippen LogP contribution is 2.32. The molecule has 0 spiro atoms. The predicted octanol–water partition coefficient (Wildman–Crippen LogP) is 4.05. The molecule has 0 atom stereocenters. The van der Waals surface area contributed by atoms with Crippen molar-refractivity contribution in [2.45, 2.75) is 26.6 Å². The largest absolute Gasteiger partial charge is 0.494 e. The molecule has 138 valence electrons. The van der Waals surface area contributed by atoms with E-state index in [0.717, 1.165) is 11.6 Å². The molecule has 0 bridgehead atoms. The van der Waals surface area contributed by atoms with E-state index in [1.54, 1.807) is 0 Å². The van der Waals surface area contributed by atoms with Gasteiger partial charge in [0.1, 0.15) is 12.4 Å². The van der Waals surface area contributed by atoms with Crippen molar-refractivity contribution in [2.75, 3.05) is 13.2 Å². The van der Waals surface area contributed by atoms with E-state index in [0.29, 0.717) is 13.2 Å². The van der Waals surface area contributed by atoms with E-state index in [1.807, 2.05) is 44.2 Å². The van der Waals surface area contributed by atoms with Crippen molar-refractivity contribution >= 4 is 12.6 Å². The van der Waals surface area contributed by atoms with Crippen LogP contribution in [-0.2, 0) is 22.1 Å². The summed E-state index contributed by atoms with van der Waals surface area (Å²) in [4.78, 5) is 0. The Balaban J connectivity index is 1.80. The molecular weight excluding hydrogens is 344 g/mol. The normalized spacial score (nSPS) is 17.2. The summed E-state index contributed by atoms with van der Waals surface area (Å²) >= 11 is 0. The maximum absolute atomic E-state index is 13.5. The number of hydrogen-bond acceptors (Lipinski definition) is 3. The molecule has 3 rings (SSSR count). The van der Waals surface area contributed by atoms with Crippen molar-refractivity contribution in [3.8, 4) is 5.75 Å². The first-order valence-electron chi connectivity index (χ1n) is 8.36. The van der Waals surface area contributed by atoms with E-state index in [9.17, 15) is 13.2 Å². The Morgan fingerprint density at radius 1 is 1.04 bits per heavy atom. The van der Waals surface area contributed by atoms with Crippen molar-refractivity contribution in [1.29, 1.82) is 0 Å². The van der Waals surface area contributed by atoms with Gasteiger partial charge in [0.25, 0.3) is 0 Å². The maximum atomic E-state index is 13.5. The molecule has 7 heteroatoms. The van der Waals surface area contributed by atoms with Crippen LogP contribution >= 0.6 is 0 Å². The van der Waals surface area contributed by atoms with Crippen LogP contribution in [0.2, 0.25) is 0 Å². The van der Waals surface area contributed by atoms with Crippen LogP contribution in [-0.4, -0.2) is 20.3 Å². The van der Waals surface area contributed by atoms with Crippen LogP contribution in [0.5, 0.6) is 5.75 Å². The van der Waals surface area contributed by atoms with Gasteiger partial charge in [-0.3, -0.25) is 0 Å². The first-order chi connectivity index (χ1) is 12.2. The van der Waals surface area contributed by atoms with Crippen LogP contribution in [0, 0.1) is 5.41 Å². The molecule has 1 fully saturated rings. The molecule has 1 saturated heterocycles. The van der Waals surface area contributed by atoms with Crippen LogP contribution in [0.3, 0.4) is 0 Å². The van der Waals surface area contributed by atoms with Gasteiger partial charge in [-0.2, -0.15) is 13.2 Å². The first-order valence-corrected chi connectivity index (χ1v) is 8.36. The highest BCUT2D eigenvalue weighted by atomic mass is 19.4. The SMILES string of the molecule is CC1(C)COB(c2ccc(OCc3ccccc3)cc2C(F)(F)F)OC1. The number of hydrogen-bond donors (Lipinski definition) is 0. The van der Waals surface area contributed by atoms with Gasteiger partial charge < -0.3 is 14.0 Å². The van der Waals surface area contributed by atoms with E-state index in [-0.39, 0.29) is 23.2 Å². The summed E-state index contributed by atoms with van der Waals surface area (Å²) in [5.41, 5.74) is -0.160. The molecule has 0 N–H and O–H groups in total. The number of alkyl halides is 3. The molecule has 0 radical (unpaired) electrons. The minimum atomic E-state index is -4.53. The van der Waals surface area contributed by atoms with Gasteiger partial charge >= 0.3 is 13.3 Å². The minimum Gasteiger partial charge on any atom is -0.489 e. The van der Waals surface area contributed by atoms with Gasteiger partial charge in [-0.25, -0.2) is 0 Å².